The number of sulfone groups is 1. The Labute approximate surface area is 115 Å². The highest BCUT2D eigenvalue weighted by Crippen LogP contribution is 2.38. The van der Waals surface area contributed by atoms with Crippen LogP contribution in [0.4, 0.5) is 0 Å². The van der Waals surface area contributed by atoms with E-state index in [4.69, 9.17) is 0 Å². The van der Waals surface area contributed by atoms with Gasteiger partial charge in [-0.15, -0.1) is 0 Å². The Morgan fingerprint density at radius 1 is 1.26 bits per heavy atom. The Morgan fingerprint density at radius 2 is 1.95 bits per heavy atom. The highest BCUT2D eigenvalue weighted by Gasteiger charge is 2.48. The lowest BCUT2D eigenvalue weighted by Gasteiger charge is -2.44. The minimum absolute atomic E-state index is 0.0780. The summed E-state index contributed by atoms with van der Waals surface area (Å²) in [6.45, 7) is 1.43. The molecule has 0 aromatic heterocycles. The van der Waals surface area contributed by atoms with E-state index >= 15 is 0 Å². The molecule has 19 heavy (non-hydrogen) atoms. The molecule has 0 aromatic carbocycles. The molecule has 110 valence electrons. The molecule has 0 aromatic rings. The molecule has 1 N–H and O–H groups in total. The molecule has 5 nitrogen and oxygen atoms in total. The monoisotopic (exact) mass is 288 g/mol. The molecule has 6 heteroatoms. The molecule has 1 amide bonds. The quantitative estimate of drug-likeness (QED) is 0.824. The van der Waals surface area contributed by atoms with E-state index in [1.165, 1.54) is 0 Å². The molecular weight excluding hydrogens is 264 g/mol. The molecule has 1 heterocycles. The van der Waals surface area contributed by atoms with E-state index in [9.17, 15) is 13.2 Å². The highest BCUT2D eigenvalue weighted by atomic mass is 32.2. The van der Waals surface area contributed by atoms with Crippen LogP contribution in [0, 0.1) is 0 Å². The van der Waals surface area contributed by atoms with Crippen LogP contribution in [-0.4, -0.2) is 56.4 Å². The first kappa shape index (κ1) is 14.8. The summed E-state index contributed by atoms with van der Waals surface area (Å²) in [6, 6.07) is 0. The molecule has 2 rings (SSSR count). The van der Waals surface area contributed by atoms with Crippen LogP contribution in [0.25, 0.3) is 0 Å². The Kier molecular flexibility index (Phi) is 4.50. The van der Waals surface area contributed by atoms with Crippen LogP contribution in [0.2, 0.25) is 0 Å². The Bertz CT molecular complexity index is 427. The van der Waals surface area contributed by atoms with Gasteiger partial charge in [-0.1, -0.05) is 19.3 Å². The lowest BCUT2D eigenvalue weighted by Crippen LogP contribution is -2.58. The van der Waals surface area contributed by atoms with E-state index in [2.05, 4.69) is 5.32 Å². The van der Waals surface area contributed by atoms with Gasteiger partial charge >= 0.3 is 0 Å². The third-order valence-corrected chi connectivity index (χ3v) is 7.05. The largest absolute Gasteiger partial charge is 0.340 e. The van der Waals surface area contributed by atoms with Crippen molar-refractivity contribution in [3.05, 3.63) is 0 Å². The van der Waals surface area contributed by atoms with E-state index in [1.807, 2.05) is 7.05 Å². The fraction of sp³-hybridized carbons (Fsp3) is 0.923. The average Bonchev–Trinajstić information content (AvgIpc) is 2.40. The third kappa shape index (κ3) is 2.94. The summed E-state index contributed by atoms with van der Waals surface area (Å²) < 4.78 is 24.1. The van der Waals surface area contributed by atoms with Gasteiger partial charge in [-0.2, -0.15) is 0 Å². The maximum Gasteiger partial charge on any atom is 0.223 e. The van der Waals surface area contributed by atoms with E-state index in [1.54, 1.807) is 4.90 Å². The Hall–Kier alpha value is -0.620. The second-order valence-corrected chi connectivity index (χ2v) is 8.24. The molecule has 0 bridgehead atoms. The number of carbonyl (C=O) groups excluding carboxylic acids is 1. The maximum absolute atomic E-state index is 12.4. The van der Waals surface area contributed by atoms with E-state index in [-0.39, 0.29) is 11.7 Å². The fourth-order valence-corrected chi connectivity index (χ4v) is 5.40. The zero-order valence-electron chi connectivity index (χ0n) is 11.7. The van der Waals surface area contributed by atoms with Gasteiger partial charge in [0.1, 0.15) is 0 Å². The van der Waals surface area contributed by atoms with Crippen molar-refractivity contribution in [1.82, 2.24) is 10.2 Å². The molecule has 0 unspecified atom stereocenters. The summed E-state index contributed by atoms with van der Waals surface area (Å²) >= 11 is 0. The Morgan fingerprint density at radius 3 is 2.58 bits per heavy atom. The molecular formula is C13H24N2O3S. The third-order valence-electron chi connectivity index (χ3n) is 4.48. The van der Waals surface area contributed by atoms with E-state index in [0.717, 1.165) is 32.1 Å². The second-order valence-electron chi connectivity index (χ2n) is 5.73. The molecule has 0 atom stereocenters. The van der Waals surface area contributed by atoms with Crippen molar-refractivity contribution in [2.75, 3.05) is 32.4 Å². The van der Waals surface area contributed by atoms with Crippen LogP contribution in [0.3, 0.4) is 0 Å². The first-order valence-corrected chi connectivity index (χ1v) is 8.81. The number of nitrogens with one attached hydrogen (secondary N) is 1. The zero-order chi connectivity index (χ0) is 13.9. The van der Waals surface area contributed by atoms with Gasteiger partial charge in [0.05, 0.1) is 10.5 Å². The van der Waals surface area contributed by atoms with Gasteiger partial charge in [-0.05, 0) is 19.9 Å². The first-order valence-electron chi connectivity index (χ1n) is 7.15. The van der Waals surface area contributed by atoms with Gasteiger partial charge < -0.3 is 10.2 Å². The van der Waals surface area contributed by atoms with Crippen LogP contribution < -0.4 is 5.32 Å². The van der Waals surface area contributed by atoms with Crippen molar-refractivity contribution in [2.24, 2.45) is 0 Å². The molecule has 1 saturated heterocycles. The highest BCUT2D eigenvalue weighted by molar-refractivity contribution is 7.92. The van der Waals surface area contributed by atoms with Gasteiger partial charge in [-0.3, -0.25) is 4.79 Å². The summed E-state index contributed by atoms with van der Waals surface area (Å²) in [7, 11) is -1.23. The van der Waals surface area contributed by atoms with E-state index < -0.39 is 14.6 Å². The van der Waals surface area contributed by atoms with Crippen LogP contribution in [0.5, 0.6) is 0 Å². The maximum atomic E-state index is 12.4. The van der Waals surface area contributed by atoms with Crippen molar-refractivity contribution in [3.8, 4) is 0 Å². The average molecular weight is 288 g/mol. The standard InChI is InChI=1S/C13H24N2O3S/c1-14-8-5-12(16)15-9-10-19(17,18)13(11-15)6-3-2-4-7-13/h14H,2-11H2,1H3. The molecule has 1 aliphatic heterocycles. The second kappa shape index (κ2) is 5.79. The smallest absolute Gasteiger partial charge is 0.223 e. The first-order chi connectivity index (χ1) is 9.01. The fourth-order valence-electron chi connectivity index (χ4n) is 3.24. The minimum atomic E-state index is -3.04. The molecule has 2 fully saturated rings. The number of nitrogens with zero attached hydrogens (tertiary/aromatic N) is 1. The van der Waals surface area contributed by atoms with Crippen LogP contribution in [0.15, 0.2) is 0 Å². The molecule has 1 aliphatic carbocycles. The van der Waals surface area contributed by atoms with Gasteiger partial charge in [0.15, 0.2) is 9.84 Å². The Balaban J connectivity index is 2.10. The summed E-state index contributed by atoms with van der Waals surface area (Å²) in [6.07, 6.45) is 4.96. The van der Waals surface area contributed by atoms with Crippen molar-refractivity contribution in [1.29, 1.82) is 0 Å². The summed E-state index contributed by atoms with van der Waals surface area (Å²) in [4.78, 5) is 13.9. The van der Waals surface area contributed by atoms with Gasteiger partial charge in [0.25, 0.3) is 0 Å². The molecule has 1 saturated carbocycles. The predicted molar refractivity (Wildman–Crippen MR) is 74.7 cm³/mol. The van der Waals surface area contributed by atoms with Crippen molar-refractivity contribution in [3.63, 3.8) is 0 Å². The van der Waals surface area contributed by atoms with Crippen molar-refractivity contribution < 1.29 is 13.2 Å². The SMILES string of the molecule is CNCCC(=O)N1CCS(=O)(=O)C2(CCCCC2)C1. The predicted octanol–water partition coefficient (Wildman–Crippen LogP) is 0.556. The summed E-state index contributed by atoms with van der Waals surface area (Å²) in [5.41, 5.74) is 0. The van der Waals surface area contributed by atoms with Crippen LogP contribution in [-0.2, 0) is 14.6 Å². The van der Waals surface area contributed by atoms with Crippen molar-refractivity contribution in [2.45, 2.75) is 43.3 Å². The normalized spacial score (nSPS) is 25.4. The number of hydrogen-bond acceptors (Lipinski definition) is 4. The zero-order valence-corrected chi connectivity index (χ0v) is 12.5. The number of hydrogen-bond donors (Lipinski definition) is 1. The van der Waals surface area contributed by atoms with Crippen LogP contribution in [0.1, 0.15) is 38.5 Å². The summed E-state index contributed by atoms with van der Waals surface area (Å²) in [5.74, 6) is 0.215. The van der Waals surface area contributed by atoms with Gasteiger partial charge in [0.2, 0.25) is 5.91 Å². The number of amides is 1. The van der Waals surface area contributed by atoms with Gasteiger partial charge in [0, 0.05) is 26.1 Å². The topological polar surface area (TPSA) is 66.5 Å². The summed E-state index contributed by atoms with van der Waals surface area (Å²) in [5, 5.41) is 2.96. The lowest BCUT2D eigenvalue weighted by molar-refractivity contribution is -0.131. The number of rotatable bonds is 3. The molecule has 1 spiro atoms. The molecule has 2 aliphatic rings. The molecule has 0 radical (unpaired) electrons. The van der Waals surface area contributed by atoms with E-state index in [0.29, 0.717) is 26.1 Å². The van der Waals surface area contributed by atoms with Crippen LogP contribution >= 0.6 is 0 Å². The van der Waals surface area contributed by atoms with Gasteiger partial charge in [-0.25, -0.2) is 8.42 Å². The minimum Gasteiger partial charge on any atom is -0.340 e. The number of carbonyl (C=O) groups is 1. The van der Waals surface area contributed by atoms with Crippen molar-refractivity contribution >= 4 is 15.7 Å². The lowest BCUT2D eigenvalue weighted by atomic mass is 9.87.